The van der Waals surface area contributed by atoms with Gasteiger partial charge in [0, 0.05) is 0 Å². The zero-order valence-electron chi connectivity index (χ0n) is 9.91. The van der Waals surface area contributed by atoms with E-state index >= 15 is 0 Å². The number of fused-ring (bicyclic) bond motifs is 2. The maximum Gasteiger partial charge on any atom is 0.481 e. The molecule has 19 heavy (non-hydrogen) atoms. The summed E-state index contributed by atoms with van der Waals surface area (Å²) < 4.78 is 0. The predicted octanol–water partition coefficient (Wildman–Crippen LogP) is 2.21. The molecule has 0 heterocycles. The van der Waals surface area contributed by atoms with Crippen LogP contribution in [0.5, 0.6) is 0 Å². The van der Waals surface area contributed by atoms with E-state index in [4.69, 9.17) is 0 Å². The zero-order valence-corrected chi connectivity index (χ0v) is 9.91. The Balaban J connectivity index is 2.09. The molecule has 0 radical (unpaired) electrons. The molecular formula is C13H10N2O4. The Morgan fingerprint density at radius 2 is 1.79 bits per heavy atom. The molecule has 0 saturated carbocycles. The van der Waals surface area contributed by atoms with Crippen LogP contribution in [0.15, 0.2) is 42.0 Å². The van der Waals surface area contributed by atoms with Crippen LogP contribution in [0.4, 0.5) is 0 Å². The molecule has 6 heteroatoms. The van der Waals surface area contributed by atoms with Crippen molar-refractivity contribution in [3.8, 4) is 0 Å². The fourth-order valence-corrected chi connectivity index (χ4v) is 2.69. The highest BCUT2D eigenvalue weighted by atomic mass is 16.7. The lowest BCUT2D eigenvalue weighted by Gasteiger charge is -2.18. The van der Waals surface area contributed by atoms with Gasteiger partial charge in [0.1, 0.15) is 16.3 Å². The number of rotatable bonds is 2. The Morgan fingerprint density at radius 1 is 1.11 bits per heavy atom. The van der Waals surface area contributed by atoms with Crippen molar-refractivity contribution < 1.29 is 9.85 Å². The summed E-state index contributed by atoms with van der Waals surface area (Å²) in [4.78, 5) is 20.6. The summed E-state index contributed by atoms with van der Waals surface area (Å²) in [5.74, 6) is 0. The van der Waals surface area contributed by atoms with Crippen LogP contribution in [-0.4, -0.2) is 15.5 Å². The van der Waals surface area contributed by atoms with Gasteiger partial charge in [0.05, 0.1) is 6.08 Å². The van der Waals surface area contributed by atoms with E-state index in [1.807, 2.05) is 24.3 Å². The lowest BCUT2D eigenvalue weighted by Crippen LogP contribution is -2.45. The van der Waals surface area contributed by atoms with Gasteiger partial charge >= 0.3 is 5.66 Å². The van der Waals surface area contributed by atoms with Gasteiger partial charge in [-0.15, -0.1) is 0 Å². The monoisotopic (exact) mass is 258 g/mol. The quantitative estimate of drug-likeness (QED) is 0.462. The number of allylic oxidation sites excluding steroid dienone is 2. The maximum atomic E-state index is 11.1. The SMILES string of the molecule is O=[N+]([O-])C1([N+](=O)[O-])C=CC2=C(C1)c1ccccc1C2. The summed E-state index contributed by atoms with van der Waals surface area (Å²) in [5, 5.41) is 22.2. The Labute approximate surface area is 108 Å². The molecule has 1 aromatic carbocycles. The van der Waals surface area contributed by atoms with Crippen molar-refractivity contribution in [1.82, 2.24) is 0 Å². The third-order valence-electron chi connectivity index (χ3n) is 3.73. The average Bonchev–Trinajstić information content (AvgIpc) is 2.75. The summed E-state index contributed by atoms with van der Waals surface area (Å²) in [6, 6.07) is 7.55. The smallest absolute Gasteiger partial charge is 0.258 e. The fourth-order valence-electron chi connectivity index (χ4n) is 2.69. The van der Waals surface area contributed by atoms with Gasteiger partial charge in [0.25, 0.3) is 0 Å². The molecule has 0 aliphatic heterocycles. The lowest BCUT2D eigenvalue weighted by atomic mass is 9.89. The maximum absolute atomic E-state index is 11.1. The van der Waals surface area contributed by atoms with Gasteiger partial charge in [-0.2, -0.15) is 0 Å². The molecule has 0 saturated heterocycles. The Morgan fingerprint density at radius 3 is 2.47 bits per heavy atom. The van der Waals surface area contributed by atoms with Gasteiger partial charge in [0.2, 0.25) is 0 Å². The minimum Gasteiger partial charge on any atom is -0.258 e. The third-order valence-corrected chi connectivity index (χ3v) is 3.73. The molecule has 0 bridgehead atoms. The molecule has 3 rings (SSSR count). The normalized spacial score (nSPS) is 18.9. The van der Waals surface area contributed by atoms with E-state index in [9.17, 15) is 20.2 Å². The van der Waals surface area contributed by atoms with E-state index in [1.165, 1.54) is 6.08 Å². The minimum atomic E-state index is -2.23. The van der Waals surface area contributed by atoms with Gasteiger partial charge in [-0.1, -0.05) is 24.3 Å². The van der Waals surface area contributed by atoms with Crippen LogP contribution in [-0.2, 0) is 6.42 Å². The summed E-state index contributed by atoms with van der Waals surface area (Å²) in [7, 11) is 0. The van der Waals surface area contributed by atoms with Crippen molar-refractivity contribution in [1.29, 1.82) is 0 Å². The van der Waals surface area contributed by atoms with Crippen molar-refractivity contribution in [3.63, 3.8) is 0 Å². The first-order chi connectivity index (χ1) is 9.04. The second-order valence-electron chi connectivity index (χ2n) is 4.74. The van der Waals surface area contributed by atoms with Crippen LogP contribution in [0, 0.1) is 20.2 Å². The second kappa shape index (κ2) is 3.74. The van der Waals surface area contributed by atoms with Crippen LogP contribution in [0.1, 0.15) is 17.5 Å². The minimum absolute atomic E-state index is 0.185. The molecule has 0 amide bonds. The highest BCUT2D eigenvalue weighted by Gasteiger charge is 2.56. The molecule has 2 aliphatic carbocycles. The van der Waals surface area contributed by atoms with Gasteiger partial charge in [-0.05, 0) is 34.8 Å². The van der Waals surface area contributed by atoms with Gasteiger partial charge in [-0.25, -0.2) is 0 Å². The van der Waals surface area contributed by atoms with Crippen LogP contribution in [0.2, 0.25) is 0 Å². The largest absolute Gasteiger partial charge is 0.481 e. The topological polar surface area (TPSA) is 86.3 Å². The molecule has 96 valence electrons. The van der Waals surface area contributed by atoms with Crippen LogP contribution >= 0.6 is 0 Å². The number of hydrogen-bond donors (Lipinski definition) is 0. The summed E-state index contributed by atoms with van der Waals surface area (Å²) in [6.07, 6.45) is 3.14. The number of nitro groups is 2. The Kier molecular flexibility index (Phi) is 2.28. The number of nitrogens with zero attached hydrogens (tertiary/aromatic N) is 2. The molecule has 1 aromatic rings. The first-order valence-electron chi connectivity index (χ1n) is 5.83. The Bertz CT molecular complexity index is 646. The Hall–Kier alpha value is -2.50. The van der Waals surface area contributed by atoms with Crippen molar-refractivity contribution in [2.24, 2.45) is 0 Å². The van der Waals surface area contributed by atoms with Crippen molar-refractivity contribution in [2.45, 2.75) is 18.5 Å². The molecule has 0 N–H and O–H groups in total. The van der Waals surface area contributed by atoms with Gasteiger partial charge < -0.3 is 0 Å². The fraction of sp³-hybridized carbons (Fsp3) is 0.231. The molecular weight excluding hydrogens is 248 g/mol. The number of hydrogen-bond acceptors (Lipinski definition) is 4. The van der Waals surface area contributed by atoms with Crippen LogP contribution in [0.3, 0.4) is 0 Å². The van der Waals surface area contributed by atoms with Crippen molar-refractivity contribution in [3.05, 3.63) is 73.3 Å². The summed E-state index contributed by atoms with van der Waals surface area (Å²) >= 11 is 0. The number of benzene rings is 1. The first kappa shape index (κ1) is 11.6. The average molecular weight is 258 g/mol. The van der Waals surface area contributed by atoms with Gasteiger partial charge in [0.15, 0.2) is 0 Å². The molecule has 2 aliphatic rings. The lowest BCUT2D eigenvalue weighted by molar-refractivity contribution is -0.779. The highest BCUT2D eigenvalue weighted by molar-refractivity contribution is 5.80. The van der Waals surface area contributed by atoms with Crippen LogP contribution < -0.4 is 0 Å². The van der Waals surface area contributed by atoms with E-state index in [0.29, 0.717) is 6.42 Å². The molecule has 0 unspecified atom stereocenters. The van der Waals surface area contributed by atoms with Crippen molar-refractivity contribution >= 4 is 5.57 Å². The van der Waals surface area contributed by atoms with Crippen molar-refractivity contribution in [2.75, 3.05) is 0 Å². The first-order valence-corrected chi connectivity index (χ1v) is 5.83. The zero-order chi connectivity index (χ0) is 13.6. The summed E-state index contributed by atoms with van der Waals surface area (Å²) in [6.45, 7) is 0. The van der Waals surface area contributed by atoms with E-state index < -0.39 is 15.5 Å². The molecule has 6 nitrogen and oxygen atoms in total. The van der Waals surface area contributed by atoms with Crippen LogP contribution in [0.25, 0.3) is 5.57 Å². The molecule has 0 spiro atoms. The molecule has 0 atom stereocenters. The molecule has 0 fully saturated rings. The van der Waals surface area contributed by atoms with E-state index in [0.717, 1.165) is 28.3 Å². The van der Waals surface area contributed by atoms with E-state index in [2.05, 4.69) is 0 Å². The second-order valence-corrected chi connectivity index (χ2v) is 4.74. The summed E-state index contributed by atoms with van der Waals surface area (Å²) in [5.41, 5.74) is 1.41. The standard InChI is InChI=1S/C13H10N2O4/c16-14(17)13(15(18)19)6-5-10-7-9-3-1-2-4-11(9)12(10)8-13/h1-6H,7-8H2. The highest BCUT2D eigenvalue weighted by Crippen LogP contribution is 2.42. The molecule has 0 aromatic heterocycles. The van der Waals surface area contributed by atoms with Gasteiger partial charge in [-0.3, -0.25) is 20.2 Å². The van der Waals surface area contributed by atoms with E-state index in [1.54, 1.807) is 0 Å². The predicted molar refractivity (Wildman–Crippen MR) is 67.5 cm³/mol. The third kappa shape index (κ3) is 1.49. The van der Waals surface area contributed by atoms with E-state index in [-0.39, 0.29) is 6.42 Å².